The van der Waals surface area contributed by atoms with Gasteiger partial charge in [-0.3, -0.25) is 0 Å². The molecule has 4 aliphatic rings. The first-order valence-corrected chi connectivity index (χ1v) is 12.3. The predicted molar refractivity (Wildman–Crippen MR) is 118 cm³/mol. The Hall–Kier alpha value is -0.260. The van der Waals surface area contributed by atoms with Gasteiger partial charge in [-0.25, -0.2) is 0 Å². The van der Waals surface area contributed by atoms with Crippen molar-refractivity contribution in [3.05, 3.63) is 12.2 Å². The minimum Gasteiger partial charge on any atom is -0.100 e. The largest absolute Gasteiger partial charge is 0.100 e. The van der Waals surface area contributed by atoms with Gasteiger partial charge < -0.3 is 0 Å². The first-order chi connectivity index (χ1) is 13.3. The van der Waals surface area contributed by atoms with Crippen LogP contribution in [-0.4, -0.2) is 0 Å². The smallest absolute Gasteiger partial charge is 0.0267 e. The van der Waals surface area contributed by atoms with E-state index in [1.165, 1.54) is 82.6 Å². The molecule has 4 aliphatic carbocycles. The van der Waals surface area contributed by atoms with Crippen molar-refractivity contribution in [2.45, 2.75) is 111 Å². The van der Waals surface area contributed by atoms with E-state index in [0.717, 1.165) is 35.5 Å². The van der Waals surface area contributed by atoms with E-state index in [9.17, 15) is 0 Å². The van der Waals surface area contributed by atoms with Gasteiger partial charge in [0.05, 0.1) is 0 Å². The quantitative estimate of drug-likeness (QED) is 0.425. The summed E-state index contributed by atoms with van der Waals surface area (Å²) in [5.74, 6) is 5.65. The number of rotatable bonds is 5. The molecule has 0 aliphatic heterocycles. The molecule has 154 valence electrons. The van der Waals surface area contributed by atoms with Gasteiger partial charge in [0.1, 0.15) is 0 Å². The zero-order chi connectivity index (χ0) is 20.1. The zero-order valence-electron chi connectivity index (χ0n) is 19.7. The summed E-state index contributed by atoms with van der Waals surface area (Å²) < 4.78 is 8.31. The Kier molecular flexibility index (Phi) is 5.23. The molecule has 0 spiro atoms. The van der Waals surface area contributed by atoms with Crippen molar-refractivity contribution in [3.8, 4) is 0 Å². The highest BCUT2D eigenvalue weighted by Crippen LogP contribution is 2.68. The summed E-state index contributed by atoms with van der Waals surface area (Å²) in [5.41, 5.74) is 2.53. The van der Waals surface area contributed by atoms with E-state index in [-0.39, 0.29) is 6.40 Å². The van der Waals surface area contributed by atoms with Crippen molar-refractivity contribution >= 4 is 0 Å². The standard InChI is InChI=1S/C27H46/c1-19(2)9-8-10-20(3)23-14-15-24-22-13-12-21-11-6-7-17-26(21,4)25(22)16-18-27(23,24)5/h20-25H,1,6-18H2,2-5H3/t20-,21?,22+,23-,24+,25+,26+,27-/m1/s1/i6D/t6?,20-,21?,22+,23-,24+,25+,26+,27-. The average Bonchev–Trinajstić information content (AvgIpc) is 2.99. The first kappa shape index (κ1) is 18.7. The van der Waals surface area contributed by atoms with Crippen molar-refractivity contribution < 1.29 is 1.37 Å². The third-order valence-corrected chi connectivity index (χ3v) is 10.4. The van der Waals surface area contributed by atoms with Gasteiger partial charge in [0.2, 0.25) is 0 Å². The van der Waals surface area contributed by atoms with Crippen molar-refractivity contribution in [3.63, 3.8) is 0 Å². The number of hydrogen-bond donors (Lipinski definition) is 0. The monoisotopic (exact) mass is 371 g/mol. The maximum atomic E-state index is 8.31. The lowest BCUT2D eigenvalue weighted by atomic mass is 9.44. The lowest BCUT2D eigenvalue weighted by Gasteiger charge is -2.61. The van der Waals surface area contributed by atoms with E-state index < -0.39 is 0 Å². The van der Waals surface area contributed by atoms with Crippen LogP contribution in [-0.2, 0) is 0 Å². The molecule has 0 nitrogen and oxygen atoms in total. The molecule has 0 aromatic rings. The summed E-state index contributed by atoms with van der Waals surface area (Å²) in [6, 6.07) is 0. The van der Waals surface area contributed by atoms with E-state index in [0.29, 0.717) is 10.8 Å². The van der Waals surface area contributed by atoms with Gasteiger partial charge in [0.15, 0.2) is 0 Å². The molecule has 27 heavy (non-hydrogen) atoms. The predicted octanol–water partition coefficient (Wildman–Crippen LogP) is 8.42. The lowest BCUT2D eigenvalue weighted by molar-refractivity contribution is -0.114. The molecule has 0 heteroatoms. The summed E-state index contributed by atoms with van der Waals surface area (Å²) in [6.07, 6.45) is 16.8. The highest BCUT2D eigenvalue weighted by molar-refractivity contribution is 5.09. The normalized spacial score (nSPS) is 50.9. The van der Waals surface area contributed by atoms with E-state index in [2.05, 4.69) is 34.3 Å². The van der Waals surface area contributed by atoms with Crippen LogP contribution >= 0.6 is 0 Å². The second-order valence-electron chi connectivity index (χ2n) is 11.8. The molecule has 0 aromatic carbocycles. The maximum Gasteiger partial charge on any atom is 0.0267 e. The van der Waals surface area contributed by atoms with Crippen molar-refractivity contribution in [2.75, 3.05) is 0 Å². The maximum absolute atomic E-state index is 8.31. The minimum absolute atomic E-state index is 0.236. The fraction of sp³-hybridized carbons (Fsp3) is 0.926. The summed E-state index contributed by atoms with van der Waals surface area (Å²) in [7, 11) is 0. The van der Waals surface area contributed by atoms with E-state index >= 15 is 0 Å². The second-order valence-corrected chi connectivity index (χ2v) is 11.8. The van der Waals surface area contributed by atoms with Crippen molar-refractivity contribution in [1.82, 2.24) is 0 Å². The molecule has 0 radical (unpaired) electrons. The van der Waals surface area contributed by atoms with E-state index in [1.807, 2.05) is 0 Å². The Labute approximate surface area is 171 Å². The second kappa shape index (κ2) is 7.53. The van der Waals surface area contributed by atoms with Gasteiger partial charge in [-0.15, -0.1) is 6.58 Å². The van der Waals surface area contributed by atoms with Crippen LogP contribution in [0.5, 0.6) is 0 Å². The van der Waals surface area contributed by atoms with Crippen LogP contribution in [0.1, 0.15) is 113 Å². The van der Waals surface area contributed by atoms with Crippen molar-refractivity contribution in [2.24, 2.45) is 46.3 Å². The molecule has 2 unspecified atom stereocenters. The molecule has 0 amide bonds. The van der Waals surface area contributed by atoms with Crippen LogP contribution in [0.25, 0.3) is 0 Å². The van der Waals surface area contributed by atoms with Gasteiger partial charge in [0.25, 0.3) is 0 Å². The molecule has 4 fully saturated rings. The van der Waals surface area contributed by atoms with Gasteiger partial charge >= 0.3 is 0 Å². The van der Waals surface area contributed by atoms with Gasteiger partial charge in [-0.1, -0.05) is 45.6 Å². The summed E-state index contributed by atoms with van der Waals surface area (Å²) in [5, 5.41) is 0. The molecule has 4 saturated carbocycles. The Morgan fingerprint density at radius 2 is 1.81 bits per heavy atom. The molecule has 9 atom stereocenters. The Bertz CT molecular complexity index is 581. The highest BCUT2D eigenvalue weighted by Gasteiger charge is 2.59. The fourth-order valence-corrected chi connectivity index (χ4v) is 8.95. The fourth-order valence-electron chi connectivity index (χ4n) is 8.95. The Balaban J connectivity index is 1.47. The van der Waals surface area contributed by atoms with Crippen molar-refractivity contribution in [1.29, 1.82) is 0 Å². The Morgan fingerprint density at radius 1 is 1.04 bits per heavy atom. The van der Waals surface area contributed by atoms with E-state index in [4.69, 9.17) is 1.37 Å². The molecule has 0 saturated heterocycles. The van der Waals surface area contributed by atoms with Gasteiger partial charge in [-0.05, 0) is 117 Å². The molecule has 0 heterocycles. The molecule has 0 N–H and O–H groups in total. The molecule has 0 aromatic heterocycles. The SMILES string of the molecule is [2H]C1CC[C@@]2(C)C(CC[C@H]3[C@@H]4CC[C@H]([C@H](C)CCCC(=C)C)[C@@]4(C)CC[C@@H]32)C1. The van der Waals surface area contributed by atoms with E-state index in [1.54, 1.807) is 0 Å². The van der Waals surface area contributed by atoms with Crippen LogP contribution in [0.3, 0.4) is 0 Å². The third-order valence-electron chi connectivity index (χ3n) is 10.4. The highest BCUT2D eigenvalue weighted by atomic mass is 14.6. The van der Waals surface area contributed by atoms with Gasteiger partial charge in [0, 0.05) is 1.37 Å². The first-order valence-electron chi connectivity index (χ1n) is 12.9. The van der Waals surface area contributed by atoms with Crippen LogP contribution in [0.2, 0.25) is 0 Å². The molecular weight excluding hydrogens is 324 g/mol. The van der Waals surface area contributed by atoms with Crippen LogP contribution in [0, 0.1) is 46.3 Å². The number of hydrogen-bond acceptors (Lipinski definition) is 0. The summed E-state index contributed by atoms with van der Waals surface area (Å²) in [4.78, 5) is 0. The zero-order valence-corrected chi connectivity index (χ0v) is 18.7. The van der Waals surface area contributed by atoms with Crippen LogP contribution < -0.4 is 0 Å². The molecule has 4 rings (SSSR count). The lowest BCUT2D eigenvalue weighted by Crippen LogP contribution is -2.53. The average molecular weight is 372 g/mol. The minimum atomic E-state index is 0.236. The summed E-state index contributed by atoms with van der Waals surface area (Å²) >= 11 is 0. The van der Waals surface area contributed by atoms with Crippen LogP contribution in [0.15, 0.2) is 12.2 Å². The number of fused-ring (bicyclic) bond motifs is 5. The topological polar surface area (TPSA) is 0 Å². The Morgan fingerprint density at radius 3 is 2.59 bits per heavy atom. The summed E-state index contributed by atoms with van der Waals surface area (Å²) in [6.45, 7) is 14.2. The van der Waals surface area contributed by atoms with Gasteiger partial charge in [-0.2, -0.15) is 0 Å². The van der Waals surface area contributed by atoms with Crippen LogP contribution in [0.4, 0.5) is 0 Å². The number of allylic oxidation sites excluding steroid dienone is 1. The third kappa shape index (κ3) is 3.36. The molecule has 0 bridgehead atoms. The molecular formula is C27H46.